The van der Waals surface area contributed by atoms with Crippen molar-refractivity contribution in [1.29, 1.82) is 0 Å². The van der Waals surface area contributed by atoms with Gasteiger partial charge in [-0.2, -0.15) is 0 Å². The number of ether oxygens (including phenoxy) is 1. The van der Waals surface area contributed by atoms with E-state index in [2.05, 4.69) is 43.2 Å². The summed E-state index contributed by atoms with van der Waals surface area (Å²) in [4.78, 5) is 29.1. The summed E-state index contributed by atoms with van der Waals surface area (Å²) >= 11 is 0. The predicted octanol–water partition coefficient (Wildman–Crippen LogP) is 3.71. The number of fused-ring (bicyclic) bond motifs is 1. The lowest BCUT2D eigenvalue weighted by molar-refractivity contribution is -0.121. The van der Waals surface area contributed by atoms with Gasteiger partial charge in [0.2, 0.25) is 5.91 Å². The Hall–Kier alpha value is -3.15. The smallest absolute Gasteiger partial charge is 0.261 e. The largest absolute Gasteiger partial charge is 0.494 e. The molecule has 0 bridgehead atoms. The normalized spacial score (nSPS) is 11.5. The van der Waals surface area contributed by atoms with Crippen LogP contribution in [0.1, 0.15) is 45.0 Å². The number of rotatable bonds is 7. The molecular formula is C24H29N3O3. The van der Waals surface area contributed by atoms with E-state index in [1.807, 2.05) is 24.3 Å². The Morgan fingerprint density at radius 2 is 1.80 bits per heavy atom. The summed E-state index contributed by atoms with van der Waals surface area (Å²) < 4.78 is 7.21. The number of carbonyl (C=O) groups is 1. The zero-order valence-corrected chi connectivity index (χ0v) is 18.1. The minimum Gasteiger partial charge on any atom is -0.494 e. The van der Waals surface area contributed by atoms with Crippen molar-refractivity contribution in [2.45, 2.75) is 45.6 Å². The van der Waals surface area contributed by atoms with Crippen molar-refractivity contribution in [3.63, 3.8) is 0 Å². The van der Waals surface area contributed by atoms with Gasteiger partial charge in [-0.25, -0.2) is 4.98 Å². The molecule has 1 N–H and O–H groups in total. The number of amides is 1. The standard InChI is InChI=1S/C24H29N3O3/c1-24(2,3)17-11-13-18(14-12-17)30-15-7-10-22(28)25-16-21-26-20-9-6-5-8-19(20)23(29)27(21)4/h5-6,8-9,11-14H,7,10,15-16H2,1-4H3,(H,25,28). The predicted molar refractivity (Wildman–Crippen MR) is 119 cm³/mol. The molecule has 0 fully saturated rings. The Labute approximate surface area is 176 Å². The van der Waals surface area contributed by atoms with E-state index >= 15 is 0 Å². The average molecular weight is 408 g/mol. The van der Waals surface area contributed by atoms with Crippen LogP contribution in [0, 0.1) is 0 Å². The molecule has 2 aromatic carbocycles. The van der Waals surface area contributed by atoms with Crippen molar-refractivity contribution in [1.82, 2.24) is 14.9 Å². The summed E-state index contributed by atoms with van der Waals surface area (Å²) in [7, 11) is 1.67. The van der Waals surface area contributed by atoms with Crippen molar-refractivity contribution in [3.05, 3.63) is 70.3 Å². The highest BCUT2D eigenvalue weighted by molar-refractivity contribution is 5.78. The van der Waals surface area contributed by atoms with E-state index in [-0.39, 0.29) is 23.4 Å². The number of nitrogens with zero attached hydrogens (tertiary/aromatic N) is 2. The summed E-state index contributed by atoms with van der Waals surface area (Å²) in [5, 5.41) is 3.41. The third-order valence-electron chi connectivity index (χ3n) is 5.06. The zero-order valence-electron chi connectivity index (χ0n) is 18.1. The van der Waals surface area contributed by atoms with Crippen LogP contribution >= 0.6 is 0 Å². The van der Waals surface area contributed by atoms with Crippen LogP contribution in [0.25, 0.3) is 10.9 Å². The molecule has 158 valence electrons. The first-order valence-corrected chi connectivity index (χ1v) is 10.2. The van der Waals surface area contributed by atoms with Crippen molar-refractivity contribution in [3.8, 4) is 5.75 Å². The Morgan fingerprint density at radius 1 is 1.10 bits per heavy atom. The van der Waals surface area contributed by atoms with Gasteiger partial charge in [0.25, 0.3) is 5.56 Å². The number of para-hydroxylation sites is 1. The van der Waals surface area contributed by atoms with Gasteiger partial charge in [0.1, 0.15) is 11.6 Å². The second-order valence-electron chi connectivity index (χ2n) is 8.41. The fraction of sp³-hybridized carbons (Fsp3) is 0.375. The van der Waals surface area contributed by atoms with E-state index in [1.165, 1.54) is 10.1 Å². The Kier molecular flexibility index (Phi) is 6.55. The Morgan fingerprint density at radius 3 is 2.50 bits per heavy atom. The number of hydrogen-bond donors (Lipinski definition) is 1. The first-order valence-electron chi connectivity index (χ1n) is 10.2. The molecule has 1 aromatic heterocycles. The zero-order chi connectivity index (χ0) is 21.7. The molecular weight excluding hydrogens is 378 g/mol. The fourth-order valence-electron chi connectivity index (χ4n) is 3.16. The molecule has 0 spiro atoms. The van der Waals surface area contributed by atoms with Gasteiger partial charge in [-0.3, -0.25) is 14.2 Å². The molecule has 0 saturated carbocycles. The topological polar surface area (TPSA) is 73.2 Å². The second kappa shape index (κ2) is 9.11. The van der Waals surface area contributed by atoms with E-state index in [0.717, 1.165) is 5.75 Å². The van der Waals surface area contributed by atoms with Gasteiger partial charge in [0.05, 0.1) is 24.1 Å². The molecule has 30 heavy (non-hydrogen) atoms. The maximum atomic E-state index is 12.4. The quantitative estimate of drug-likeness (QED) is 0.606. The molecule has 6 nitrogen and oxygen atoms in total. The first kappa shape index (κ1) is 21.6. The highest BCUT2D eigenvalue weighted by Crippen LogP contribution is 2.24. The highest BCUT2D eigenvalue weighted by Gasteiger charge is 2.13. The second-order valence-corrected chi connectivity index (χ2v) is 8.41. The summed E-state index contributed by atoms with van der Waals surface area (Å²) in [5.41, 5.74) is 1.89. The van der Waals surface area contributed by atoms with Gasteiger partial charge in [-0.05, 0) is 41.7 Å². The fourth-order valence-corrected chi connectivity index (χ4v) is 3.16. The number of aromatic nitrogens is 2. The van der Waals surface area contributed by atoms with Crippen LogP contribution in [-0.2, 0) is 23.8 Å². The molecule has 1 heterocycles. The van der Waals surface area contributed by atoms with E-state index < -0.39 is 0 Å². The summed E-state index contributed by atoms with van der Waals surface area (Å²) in [6.07, 6.45) is 0.957. The lowest BCUT2D eigenvalue weighted by Crippen LogP contribution is -2.29. The van der Waals surface area contributed by atoms with Gasteiger partial charge in [0.15, 0.2) is 0 Å². The molecule has 0 atom stereocenters. The molecule has 0 aliphatic carbocycles. The summed E-state index contributed by atoms with van der Waals surface area (Å²) in [6.45, 7) is 7.20. The molecule has 0 saturated heterocycles. The van der Waals surface area contributed by atoms with Gasteiger partial charge in [0, 0.05) is 13.5 Å². The van der Waals surface area contributed by atoms with Crippen LogP contribution in [-0.4, -0.2) is 22.1 Å². The van der Waals surface area contributed by atoms with Crippen LogP contribution in [0.5, 0.6) is 5.75 Å². The van der Waals surface area contributed by atoms with E-state index in [4.69, 9.17) is 4.74 Å². The van der Waals surface area contributed by atoms with Gasteiger partial charge in [-0.1, -0.05) is 45.0 Å². The SMILES string of the molecule is Cn1c(CNC(=O)CCCOc2ccc(C(C)(C)C)cc2)nc2ccccc2c1=O. The highest BCUT2D eigenvalue weighted by atomic mass is 16.5. The number of carbonyl (C=O) groups excluding carboxylic acids is 1. The van der Waals surface area contributed by atoms with Gasteiger partial charge < -0.3 is 10.1 Å². The molecule has 6 heteroatoms. The summed E-state index contributed by atoms with van der Waals surface area (Å²) in [5.74, 6) is 1.24. The van der Waals surface area contributed by atoms with Crippen molar-refractivity contribution >= 4 is 16.8 Å². The Balaban J connectivity index is 1.46. The van der Waals surface area contributed by atoms with E-state index in [9.17, 15) is 9.59 Å². The van der Waals surface area contributed by atoms with Crippen molar-refractivity contribution in [2.75, 3.05) is 6.61 Å². The van der Waals surface area contributed by atoms with Crippen LogP contribution in [0.3, 0.4) is 0 Å². The minimum atomic E-state index is -0.115. The molecule has 0 aliphatic rings. The molecule has 3 aromatic rings. The third-order valence-corrected chi connectivity index (χ3v) is 5.06. The van der Waals surface area contributed by atoms with Crippen LogP contribution in [0.15, 0.2) is 53.3 Å². The lowest BCUT2D eigenvalue weighted by Gasteiger charge is -2.19. The summed E-state index contributed by atoms with van der Waals surface area (Å²) in [6, 6.07) is 15.3. The lowest BCUT2D eigenvalue weighted by atomic mass is 9.87. The van der Waals surface area contributed by atoms with Crippen LogP contribution in [0.2, 0.25) is 0 Å². The molecule has 1 amide bonds. The monoisotopic (exact) mass is 407 g/mol. The molecule has 0 unspecified atom stereocenters. The first-order chi connectivity index (χ1) is 14.3. The maximum absolute atomic E-state index is 12.4. The minimum absolute atomic E-state index is 0.0934. The van der Waals surface area contributed by atoms with Crippen LogP contribution < -0.4 is 15.6 Å². The number of benzene rings is 2. The Bertz CT molecular complexity index is 1080. The van der Waals surface area contributed by atoms with E-state index in [1.54, 1.807) is 19.2 Å². The van der Waals surface area contributed by atoms with Crippen molar-refractivity contribution < 1.29 is 9.53 Å². The molecule has 3 rings (SSSR count). The van der Waals surface area contributed by atoms with Gasteiger partial charge >= 0.3 is 0 Å². The third kappa shape index (κ3) is 5.26. The number of nitrogens with one attached hydrogen (secondary N) is 1. The van der Waals surface area contributed by atoms with E-state index in [0.29, 0.717) is 36.2 Å². The van der Waals surface area contributed by atoms with Crippen molar-refractivity contribution in [2.24, 2.45) is 7.05 Å². The maximum Gasteiger partial charge on any atom is 0.261 e. The van der Waals surface area contributed by atoms with Gasteiger partial charge in [-0.15, -0.1) is 0 Å². The molecule has 0 aliphatic heterocycles. The number of hydrogen-bond acceptors (Lipinski definition) is 4. The van der Waals surface area contributed by atoms with Crippen LogP contribution in [0.4, 0.5) is 0 Å². The molecule has 0 radical (unpaired) electrons. The average Bonchev–Trinajstić information content (AvgIpc) is 2.72.